The number of aliphatic hydroxyl groups is 1. The highest BCUT2D eigenvalue weighted by atomic mass is 19.1. The number of amides is 2. The minimum absolute atomic E-state index is 0.0385. The number of benzene rings is 1. The molecule has 3 N–H and O–H groups in total. The number of carbonyl (C=O) groups excluding carboxylic acids is 2. The van der Waals surface area contributed by atoms with Gasteiger partial charge in [0, 0.05) is 30.6 Å². The molecule has 2 atom stereocenters. The van der Waals surface area contributed by atoms with E-state index < -0.39 is 29.3 Å². The highest BCUT2D eigenvalue weighted by molar-refractivity contribution is 5.99. The summed E-state index contributed by atoms with van der Waals surface area (Å²) in [5.74, 6) is -0.706. The van der Waals surface area contributed by atoms with Crippen LogP contribution in [0.4, 0.5) is 4.39 Å². The van der Waals surface area contributed by atoms with Gasteiger partial charge in [-0.2, -0.15) is 0 Å². The number of nitrogens with two attached hydrogens (primary N) is 1. The van der Waals surface area contributed by atoms with Crippen molar-refractivity contribution >= 4 is 11.8 Å². The summed E-state index contributed by atoms with van der Waals surface area (Å²) < 4.78 is 21.1. The molecule has 8 nitrogen and oxygen atoms in total. The van der Waals surface area contributed by atoms with Crippen LogP contribution < -0.4 is 10.5 Å². The van der Waals surface area contributed by atoms with Crippen LogP contribution in [0.2, 0.25) is 0 Å². The van der Waals surface area contributed by atoms with Crippen molar-refractivity contribution in [2.45, 2.75) is 64.0 Å². The molecule has 0 spiro atoms. The van der Waals surface area contributed by atoms with Gasteiger partial charge in [0.2, 0.25) is 5.91 Å². The van der Waals surface area contributed by atoms with Crippen LogP contribution >= 0.6 is 0 Å². The lowest BCUT2D eigenvalue weighted by Gasteiger charge is -2.44. The van der Waals surface area contributed by atoms with Crippen LogP contribution in [-0.2, 0) is 4.79 Å². The van der Waals surface area contributed by atoms with Crippen molar-refractivity contribution in [3.8, 4) is 17.0 Å². The first-order chi connectivity index (χ1) is 18.6. The largest absolute Gasteiger partial charge is 0.492 e. The predicted molar refractivity (Wildman–Crippen MR) is 146 cm³/mol. The SMILES string of the molecule is CC1(CN2CCC(COc3ccc(-c4ccc(C(=O)N5C[C@H](O)C[C@@]5(C)C(N)=O)cc4F)nc3)CC2)CCC1. The van der Waals surface area contributed by atoms with Crippen LogP contribution in [0.1, 0.15) is 62.7 Å². The van der Waals surface area contributed by atoms with Crippen molar-refractivity contribution in [3.05, 3.63) is 47.9 Å². The van der Waals surface area contributed by atoms with E-state index in [4.69, 9.17) is 10.5 Å². The Bertz CT molecular complexity index is 1210. The molecule has 1 saturated carbocycles. The third kappa shape index (κ3) is 5.79. The number of piperidine rings is 1. The summed E-state index contributed by atoms with van der Waals surface area (Å²) in [6, 6.07) is 7.62. The molecule has 2 aromatic rings. The van der Waals surface area contributed by atoms with Gasteiger partial charge in [-0.3, -0.25) is 14.6 Å². The number of likely N-dealkylation sites (tertiary alicyclic amines) is 2. The fraction of sp³-hybridized carbons (Fsp3) is 0.567. The summed E-state index contributed by atoms with van der Waals surface area (Å²) in [4.78, 5) is 33.2. The molecular formula is C30H39FN4O4. The van der Waals surface area contributed by atoms with Crippen molar-refractivity contribution in [2.75, 3.05) is 32.8 Å². The molecule has 1 aromatic heterocycles. The number of rotatable bonds is 8. The first-order valence-corrected chi connectivity index (χ1v) is 14.0. The van der Waals surface area contributed by atoms with E-state index in [1.807, 2.05) is 0 Å². The number of hydrogen-bond donors (Lipinski definition) is 2. The van der Waals surface area contributed by atoms with Gasteiger partial charge < -0.3 is 25.4 Å². The van der Waals surface area contributed by atoms with Crippen molar-refractivity contribution in [1.29, 1.82) is 0 Å². The van der Waals surface area contributed by atoms with Gasteiger partial charge in [-0.05, 0) is 87.4 Å². The molecule has 210 valence electrons. The molecule has 1 aromatic carbocycles. The van der Waals surface area contributed by atoms with Gasteiger partial charge in [0.05, 0.1) is 24.6 Å². The summed E-state index contributed by atoms with van der Waals surface area (Å²) in [6.07, 6.45) is 7.12. The molecular weight excluding hydrogens is 499 g/mol. The van der Waals surface area contributed by atoms with Crippen LogP contribution in [0.5, 0.6) is 5.75 Å². The third-order valence-electron chi connectivity index (χ3n) is 8.99. The van der Waals surface area contributed by atoms with E-state index in [1.165, 1.54) is 49.8 Å². The van der Waals surface area contributed by atoms with Crippen LogP contribution in [0.3, 0.4) is 0 Å². The number of primary amides is 1. The molecule has 1 aliphatic carbocycles. The maximum absolute atomic E-state index is 15.1. The van der Waals surface area contributed by atoms with Crippen molar-refractivity contribution in [3.63, 3.8) is 0 Å². The third-order valence-corrected chi connectivity index (χ3v) is 8.99. The normalized spacial score (nSPS) is 25.3. The number of nitrogens with zero attached hydrogens (tertiary/aromatic N) is 3. The molecule has 3 fully saturated rings. The molecule has 0 radical (unpaired) electrons. The number of carbonyl (C=O) groups is 2. The van der Waals surface area contributed by atoms with Gasteiger partial charge in [-0.1, -0.05) is 13.3 Å². The molecule has 39 heavy (non-hydrogen) atoms. The molecule has 5 rings (SSSR count). The van der Waals surface area contributed by atoms with Gasteiger partial charge >= 0.3 is 0 Å². The van der Waals surface area contributed by atoms with Gasteiger partial charge in [-0.15, -0.1) is 0 Å². The van der Waals surface area contributed by atoms with Gasteiger partial charge in [0.1, 0.15) is 17.1 Å². The lowest BCUT2D eigenvalue weighted by molar-refractivity contribution is -0.126. The summed E-state index contributed by atoms with van der Waals surface area (Å²) in [6.45, 7) is 7.99. The number of hydrogen-bond acceptors (Lipinski definition) is 6. The zero-order valence-electron chi connectivity index (χ0n) is 22.9. The minimum Gasteiger partial charge on any atom is -0.492 e. The van der Waals surface area contributed by atoms with E-state index in [-0.39, 0.29) is 24.1 Å². The van der Waals surface area contributed by atoms with E-state index >= 15 is 4.39 Å². The van der Waals surface area contributed by atoms with Crippen LogP contribution in [0, 0.1) is 17.2 Å². The maximum atomic E-state index is 15.1. The van der Waals surface area contributed by atoms with Crippen LogP contribution in [0.25, 0.3) is 11.3 Å². The smallest absolute Gasteiger partial charge is 0.254 e. The van der Waals surface area contributed by atoms with E-state index in [0.717, 1.165) is 32.0 Å². The number of aromatic nitrogens is 1. The number of pyridine rings is 1. The Balaban J connectivity index is 1.16. The fourth-order valence-electron chi connectivity index (χ4n) is 6.23. The Morgan fingerprint density at radius 1 is 1.18 bits per heavy atom. The topological polar surface area (TPSA) is 109 Å². The zero-order chi connectivity index (χ0) is 27.8. The summed E-state index contributed by atoms with van der Waals surface area (Å²) in [5.41, 5.74) is 5.45. The lowest BCUT2D eigenvalue weighted by Crippen LogP contribution is -2.53. The van der Waals surface area contributed by atoms with Crippen molar-refractivity contribution < 1.29 is 23.8 Å². The predicted octanol–water partition coefficient (Wildman–Crippen LogP) is 3.62. The molecule has 0 unspecified atom stereocenters. The molecule has 9 heteroatoms. The Kier molecular flexibility index (Phi) is 7.66. The summed E-state index contributed by atoms with van der Waals surface area (Å²) >= 11 is 0. The highest BCUT2D eigenvalue weighted by Gasteiger charge is 2.48. The van der Waals surface area contributed by atoms with E-state index in [9.17, 15) is 14.7 Å². The molecule has 2 amide bonds. The average molecular weight is 539 g/mol. The quantitative estimate of drug-likeness (QED) is 0.532. The molecule has 0 bridgehead atoms. The minimum atomic E-state index is -1.32. The fourth-order valence-corrected chi connectivity index (χ4v) is 6.23. The second-order valence-corrected chi connectivity index (χ2v) is 12.2. The lowest BCUT2D eigenvalue weighted by atomic mass is 9.70. The molecule has 3 heterocycles. The van der Waals surface area contributed by atoms with Gasteiger partial charge in [-0.25, -0.2) is 4.39 Å². The summed E-state index contributed by atoms with van der Waals surface area (Å²) in [5, 5.41) is 10.0. The second-order valence-electron chi connectivity index (χ2n) is 12.2. The number of aliphatic hydroxyl groups excluding tert-OH is 1. The first kappa shape index (κ1) is 27.5. The molecule has 2 saturated heterocycles. The Hall–Kier alpha value is -3.04. The zero-order valence-corrected chi connectivity index (χ0v) is 22.9. The molecule has 3 aliphatic rings. The Morgan fingerprint density at radius 3 is 2.51 bits per heavy atom. The van der Waals surface area contributed by atoms with Crippen LogP contribution in [0.15, 0.2) is 36.5 Å². The van der Waals surface area contributed by atoms with Gasteiger partial charge in [0.25, 0.3) is 5.91 Å². The van der Waals surface area contributed by atoms with Crippen molar-refractivity contribution in [2.24, 2.45) is 17.1 Å². The monoisotopic (exact) mass is 538 g/mol. The Morgan fingerprint density at radius 2 is 1.92 bits per heavy atom. The van der Waals surface area contributed by atoms with Gasteiger partial charge in [0.15, 0.2) is 0 Å². The maximum Gasteiger partial charge on any atom is 0.254 e. The number of β-amino-alcohol motifs (C(OH)–C–C–N with tert-alkyl or cyclic N) is 1. The highest BCUT2D eigenvalue weighted by Crippen LogP contribution is 2.41. The Labute approximate surface area is 229 Å². The van der Waals surface area contributed by atoms with E-state index in [0.29, 0.717) is 29.4 Å². The average Bonchev–Trinajstić information content (AvgIpc) is 3.22. The van der Waals surface area contributed by atoms with E-state index in [2.05, 4.69) is 16.8 Å². The second kappa shape index (κ2) is 10.8. The van der Waals surface area contributed by atoms with Crippen molar-refractivity contribution in [1.82, 2.24) is 14.8 Å². The van der Waals surface area contributed by atoms with Crippen LogP contribution in [-0.4, -0.2) is 76.1 Å². The first-order valence-electron chi connectivity index (χ1n) is 14.0. The standard InChI is InChI=1S/C30H39FN4O4/c1-29(10-3-11-29)19-34-12-8-20(9-13-34)18-39-23-5-7-26(33-16-23)24-6-4-21(14-25(24)31)27(37)35-17-22(36)15-30(35,2)28(32)38/h4-7,14,16,20,22,36H,3,8-13,15,17-19H2,1-2H3,(H2,32,38)/t22-,30+/m1/s1. The number of halogens is 1. The summed E-state index contributed by atoms with van der Waals surface area (Å²) in [7, 11) is 0. The number of ether oxygens (including phenoxy) is 1. The molecule has 2 aliphatic heterocycles. The van der Waals surface area contributed by atoms with E-state index in [1.54, 1.807) is 18.3 Å².